The fraction of sp³-hybridized carbons (Fsp3) is 0.529. The molecule has 0 spiro atoms. The number of rotatable bonds is 6. The molecule has 1 heterocycles. The van der Waals surface area contributed by atoms with Crippen molar-refractivity contribution in [3.05, 3.63) is 35.6 Å². The summed E-state index contributed by atoms with van der Waals surface area (Å²) in [7, 11) is 1.74. The lowest BCUT2D eigenvalue weighted by Crippen LogP contribution is -2.37. The highest BCUT2D eigenvalue weighted by atomic mass is 16.5. The maximum atomic E-state index is 5.63. The molecule has 0 unspecified atom stereocenters. The van der Waals surface area contributed by atoms with Crippen LogP contribution in [-0.2, 0) is 17.6 Å². The molecular weight excluding hydrogens is 250 g/mol. The second-order valence-electron chi connectivity index (χ2n) is 6.26. The van der Waals surface area contributed by atoms with Crippen LogP contribution in [0.5, 0.6) is 0 Å². The Kier molecular flexibility index (Phi) is 4.84. The van der Waals surface area contributed by atoms with Gasteiger partial charge in [0, 0.05) is 18.0 Å². The van der Waals surface area contributed by atoms with E-state index >= 15 is 0 Å². The summed E-state index contributed by atoms with van der Waals surface area (Å²) < 4.78 is 10.8. The molecule has 0 aliphatic heterocycles. The Bertz CT molecular complexity index is 552. The predicted molar refractivity (Wildman–Crippen MR) is 83.3 cm³/mol. The third kappa shape index (κ3) is 4.09. The molecule has 1 aromatic carbocycles. The van der Waals surface area contributed by atoms with Crippen molar-refractivity contribution in [2.75, 3.05) is 20.3 Å². The summed E-state index contributed by atoms with van der Waals surface area (Å²) in [5.74, 6) is 0. The molecule has 110 valence electrons. The predicted octanol–water partition coefficient (Wildman–Crippen LogP) is 3.55. The van der Waals surface area contributed by atoms with Crippen molar-refractivity contribution < 1.29 is 9.15 Å². The van der Waals surface area contributed by atoms with E-state index in [-0.39, 0.29) is 5.54 Å². The first-order chi connectivity index (χ1) is 9.49. The Labute approximate surface area is 121 Å². The van der Waals surface area contributed by atoms with Crippen LogP contribution in [-0.4, -0.2) is 25.8 Å². The number of hydrogen-bond donors (Lipinski definition) is 1. The van der Waals surface area contributed by atoms with Crippen LogP contribution in [0, 0.1) is 0 Å². The van der Waals surface area contributed by atoms with Gasteiger partial charge in [0.25, 0.3) is 0 Å². The van der Waals surface area contributed by atoms with Gasteiger partial charge in [-0.15, -0.1) is 0 Å². The number of hydrogen-bond acceptors (Lipinski definition) is 3. The first kappa shape index (κ1) is 15.1. The van der Waals surface area contributed by atoms with Gasteiger partial charge in [-0.1, -0.05) is 6.07 Å². The van der Waals surface area contributed by atoms with Crippen LogP contribution in [0.4, 0.5) is 0 Å². The van der Waals surface area contributed by atoms with E-state index in [2.05, 4.69) is 44.3 Å². The zero-order valence-corrected chi connectivity index (χ0v) is 13.0. The average Bonchev–Trinajstić information content (AvgIpc) is 2.78. The van der Waals surface area contributed by atoms with E-state index in [1.165, 1.54) is 16.5 Å². The second kappa shape index (κ2) is 6.42. The topological polar surface area (TPSA) is 34.4 Å². The van der Waals surface area contributed by atoms with E-state index in [9.17, 15) is 0 Å². The molecule has 1 aromatic heterocycles. The fourth-order valence-corrected chi connectivity index (χ4v) is 2.27. The van der Waals surface area contributed by atoms with Crippen LogP contribution < -0.4 is 5.32 Å². The molecule has 0 amide bonds. The molecule has 20 heavy (non-hydrogen) atoms. The van der Waals surface area contributed by atoms with Crippen molar-refractivity contribution in [2.24, 2.45) is 0 Å². The molecule has 0 radical (unpaired) electrons. The lowest BCUT2D eigenvalue weighted by molar-refractivity contribution is 0.202. The van der Waals surface area contributed by atoms with Crippen molar-refractivity contribution in [3.8, 4) is 0 Å². The third-order valence-corrected chi connectivity index (χ3v) is 3.36. The smallest absolute Gasteiger partial charge is 0.134 e. The molecule has 1 N–H and O–H groups in total. The highest BCUT2D eigenvalue weighted by Crippen LogP contribution is 2.23. The third-order valence-electron chi connectivity index (χ3n) is 3.36. The molecule has 0 aliphatic rings. The first-order valence-electron chi connectivity index (χ1n) is 7.22. The maximum Gasteiger partial charge on any atom is 0.134 e. The zero-order valence-electron chi connectivity index (χ0n) is 13.0. The Morgan fingerprint density at radius 1 is 1.20 bits per heavy atom. The number of benzene rings is 1. The van der Waals surface area contributed by atoms with E-state index in [0.29, 0.717) is 0 Å². The lowest BCUT2D eigenvalue weighted by Gasteiger charge is -2.20. The molecular formula is C17H25NO2. The standard InChI is InChI=1S/C17H25NO2/c1-17(2,3)18-9-7-14-12-20-16-6-5-13(8-10-19-4)11-15(14)16/h5-6,11-12,18H,7-10H2,1-4H3. The van der Waals surface area contributed by atoms with Crippen molar-refractivity contribution in [3.63, 3.8) is 0 Å². The van der Waals surface area contributed by atoms with Crippen molar-refractivity contribution in [2.45, 2.75) is 39.2 Å². The van der Waals surface area contributed by atoms with Crippen molar-refractivity contribution in [1.82, 2.24) is 5.32 Å². The second-order valence-corrected chi connectivity index (χ2v) is 6.26. The molecule has 0 bridgehead atoms. The van der Waals surface area contributed by atoms with Crippen LogP contribution in [0.2, 0.25) is 0 Å². The summed E-state index contributed by atoms with van der Waals surface area (Å²) in [4.78, 5) is 0. The van der Waals surface area contributed by atoms with E-state index in [4.69, 9.17) is 9.15 Å². The Morgan fingerprint density at radius 3 is 2.70 bits per heavy atom. The lowest BCUT2D eigenvalue weighted by atomic mass is 10.0. The number of ether oxygens (including phenoxy) is 1. The first-order valence-corrected chi connectivity index (χ1v) is 7.22. The molecule has 2 aromatic rings. The number of furan rings is 1. The minimum Gasteiger partial charge on any atom is -0.464 e. The largest absolute Gasteiger partial charge is 0.464 e. The quantitative estimate of drug-likeness (QED) is 0.875. The fourth-order valence-electron chi connectivity index (χ4n) is 2.27. The minimum absolute atomic E-state index is 0.156. The summed E-state index contributed by atoms with van der Waals surface area (Å²) in [6.07, 6.45) is 3.81. The maximum absolute atomic E-state index is 5.63. The molecule has 0 saturated carbocycles. The van der Waals surface area contributed by atoms with Gasteiger partial charge >= 0.3 is 0 Å². The summed E-state index contributed by atoms with van der Waals surface area (Å²) in [6.45, 7) is 8.26. The van der Waals surface area contributed by atoms with Crippen LogP contribution >= 0.6 is 0 Å². The molecule has 3 heteroatoms. The SMILES string of the molecule is COCCc1ccc2occ(CCNC(C)(C)C)c2c1. The van der Waals surface area contributed by atoms with Gasteiger partial charge in [0.2, 0.25) is 0 Å². The van der Waals surface area contributed by atoms with E-state index in [1.807, 2.05) is 6.26 Å². The molecule has 2 rings (SSSR count). The molecule has 3 nitrogen and oxygen atoms in total. The Balaban J connectivity index is 2.08. The van der Waals surface area contributed by atoms with Crippen LogP contribution in [0.15, 0.2) is 28.9 Å². The van der Waals surface area contributed by atoms with Crippen molar-refractivity contribution >= 4 is 11.0 Å². The van der Waals surface area contributed by atoms with Gasteiger partial charge < -0.3 is 14.5 Å². The summed E-state index contributed by atoms with van der Waals surface area (Å²) in [5, 5.41) is 4.74. The van der Waals surface area contributed by atoms with Gasteiger partial charge in [-0.2, -0.15) is 0 Å². The zero-order chi connectivity index (χ0) is 14.6. The molecule has 0 fully saturated rings. The van der Waals surface area contributed by atoms with Gasteiger partial charge in [-0.3, -0.25) is 0 Å². The summed E-state index contributed by atoms with van der Waals surface area (Å²) in [6, 6.07) is 6.40. The number of fused-ring (bicyclic) bond motifs is 1. The number of methoxy groups -OCH3 is 1. The highest BCUT2D eigenvalue weighted by Gasteiger charge is 2.10. The molecule has 0 atom stereocenters. The van der Waals surface area contributed by atoms with Crippen LogP contribution in [0.1, 0.15) is 31.9 Å². The molecule has 0 aliphatic carbocycles. The number of nitrogens with one attached hydrogen (secondary N) is 1. The van der Waals surface area contributed by atoms with Gasteiger partial charge in [-0.25, -0.2) is 0 Å². The van der Waals surface area contributed by atoms with Gasteiger partial charge in [0.1, 0.15) is 5.58 Å². The Hall–Kier alpha value is -1.32. The monoisotopic (exact) mass is 275 g/mol. The molecule has 0 saturated heterocycles. The van der Waals surface area contributed by atoms with E-state index in [0.717, 1.165) is 31.6 Å². The normalized spacial score (nSPS) is 12.2. The van der Waals surface area contributed by atoms with E-state index < -0.39 is 0 Å². The van der Waals surface area contributed by atoms with Gasteiger partial charge in [0.15, 0.2) is 0 Å². The van der Waals surface area contributed by atoms with Gasteiger partial charge in [-0.05, 0) is 63.4 Å². The average molecular weight is 275 g/mol. The minimum atomic E-state index is 0.156. The highest BCUT2D eigenvalue weighted by molar-refractivity contribution is 5.81. The van der Waals surface area contributed by atoms with Crippen LogP contribution in [0.25, 0.3) is 11.0 Å². The van der Waals surface area contributed by atoms with E-state index in [1.54, 1.807) is 7.11 Å². The Morgan fingerprint density at radius 2 is 2.00 bits per heavy atom. The van der Waals surface area contributed by atoms with Crippen molar-refractivity contribution in [1.29, 1.82) is 0 Å². The van der Waals surface area contributed by atoms with Gasteiger partial charge in [0.05, 0.1) is 12.9 Å². The summed E-state index contributed by atoms with van der Waals surface area (Å²) >= 11 is 0. The summed E-state index contributed by atoms with van der Waals surface area (Å²) in [5.41, 5.74) is 3.70. The van der Waals surface area contributed by atoms with Crippen LogP contribution in [0.3, 0.4) is 0 Å².